The van der Waals surface area contributed by atoms with Crippen molar-refractivity contribution in [3.8, 4) is 11.5 Å². The second kappa shape index (κ2) is 7.63. The maximum atomic E-state index is 11.1. The summed E-state index contributed by atoms with van der Waals surface area (Å²) in [5.74, 6) is 1.07. The summed E-state index contributed by atoms with van der Waals surface area (Å²) in [6.45, 7) is 2.18. The third-order valence-corrected chi connectivity index (χ3v) is 4.90. The van der Waals surface area contributed by atoms with Crippen molar-refractivity contribution in [2.75, 3.05) is 19.5 Å². The summed E-state index contributed by atoms with van der Waals surface area (Å²) in [5.41, 5.74) is 0. The molecule has 0 aliphatic heterocycles. The number of primary sulfonamides is 1. The first kappa shape index (κ1) is 17.7. The molecule has 0 aliphatic rings. The van der Waals surface area contributed by atoms with Gasteiger partial charge in [0.1, 0.15) is 11.5 Å². The van der Waals surface area contributed by atoms with Gasteiger partial charge in [-0.25, -0.2) is 13.6 Å². The largest absolute Gasteiger partial charge is 0.496 e. The second-order valence-corrected chi connectivity index (χ2v) is 7.70. The first-order valence-corrected chi connectivity index (χ1v) is 9.23. The number of methoxy groups -OCH3 is 1. The van der Waals surface area contributed by atoms with Crippen molar-refractivity contribution < 1.29 is 17.9 Å². The topological polar surface area (TPSA) is 78.6 Å². The van der Waals surface area contributed by atoms with E-state index in [1.807, 2.05) is 6.92 Å². The van der Waals surface area contributed by atoms with Gasteiger partial charge in [0.2, 0.25) is 10.0 Å². The van der Waals surface area contributed by atoms with E-state index >= 15 is 0 Å². The number of ether oxygens (including phenoxy) is 2. The van der Waals surface area contributed by atoms with Crippen LogP contribution in [-0.2, 0) is 10.0 Å². The fraction of sp³-hybridized carbons (Fsp3) is 0.500. The molecule has 114 valence electrons. The fourth-order valence-electron chi connectivity index (χ4n) is 1.60. The number of hydrogen-bond donors (Lipinski definition) is 1. The van der Waals surface area contributed by atoms with Crippen molar-refractivity contribution in [1.29, 1.82) is 0 Å². The normalized spacial score (nSPS) is 13.1. The van der Waals surface area contributed by atoms with E-state index < -0.39 is 10.0 Å². The molecule has 0 aromatic heterocycles. The Labute approximate surface area is 136 Å². The standard InChI is InChI=1S/C12H17Br2NO4S/c1-3-8(7-20(15,16)17)6-19-12-5-9(13)11(18-2)4-10(12)14/h4-5,8H,3,6-7H2,1-2H3,(H2,15,16,17). The van der Waals surface area contributed by atoms with E-state index in [1.54, 1.807) is 19.2 Å². The number of rotatable bonds is 7. The van der Waals surface area contributed by atoms with Gasteiger partial charge in [-0.1, -0.05) is 6.92 Å². The highest BCUT2D eigenvalue weighted by molar-refractivity contribution is 9.11. The van der Waals surface area contributed by atoms with Gasteiger partial charge >= 0.3 is 0 Å². The summed E-state index contributed by atoms with van der Waals surface area (Å²) in [6.07, 6.45) is 0.672. The Kier molecular flexibility index (Phi) is 6.77. The van der Waals surface area contributed by atoms with Crippen molar-refractivity contribution >= 4 is 41.9 Å². The van der Waals surface area contributed by atoms with Gasteiger partial charge < -0.3 is 9.47 Å². The Morgan fingerprint density at radius 1 is 1.25 bits per heavy atom. The van der Waals surface area contributed by atoms with Crippen LogP contribution in [0.3, 0.4) is 0 Å². The third-order valence-electron chi connectivity index (χ3n) is 2.73. The van der Waals surface area contributed by atoms with Gasteiger partial charge in [0, 0.05) is 5.92 Å². The lowest BCUT2D eigenvalue weighted by Gasteiger charge is -2.16. The molecule has 0 saturated carbocycles. The molecule has 0 fully saturated rings. The van der Waals surface area contributed by atoms with Gasteiger partial charge in [0.15, 0.2) is 0 Å². The third kappa shape index (κ3) is 5.59. The number of halogens is 2. The zero-order chi connectivity index (χ0) is 15.3. The molecule has 1 aromatic rings. The predicted molar refractivity (Wildman–Crippen MR) is 85.6 cm³/mol. The number of hydrogen-bond acceptors (Lipinski definition) is 4. The molecule has 0 radical (unpaired) electrons. The molecular formula is C12H17Br2NO4S. The van der Waals surface area contributed by atoms with Gasteiger partial charge in [-0.3, -0.25) is 0 Å². The Bertz CT molecular complexity index is 563. The molecule has 1 atom stereocenters. The predicted octanol–water partition coefficient (Wildman–Crippen LogP) is 2.91. The van der Waals surface area contributed by atoms with Crippen LogP contribution in [0.2, 0.25) is 0 Å². The molecule has 5 nitrogen and oxygen atoms in total. The molecule has 8 heteroatoms. The quantitative estimate of drug-likeness (QED) is 0.721. The lowest BCUT2D eigenvalue weighted by molar-refractivity contribution is 0.255. The molecule has 1 unspecified atom stereocenters. The highest BCUT2D eigenvalue weighted by atomic mass is 79.9. The van der Waals surface area contributed by atoms with E-state index in [1.165, 1.54) is 0 Å². The number of sulfonamides is 1. The van der Waals surface area contributed by atoms with E-state index in [-0.39, 0.29) is 18.3 Å². The molecule has 0 saturated heterocycles. The monoisotopic (exact) mass is 429 g/mol. The van der Waals surface area contributed by atoms with Crippen LogP contribution in [-0.4, -0.2) is 27.9 Å². The maximum Gasteiger partial charge on any atom is 0.209 e. The van der Waals surface area contributed by atoms with E-state index in [9.17, 15) is 8.42 Å². The highest BCUT2D eigenvalue weighted by Crippen LogP contribution is 2.36. The second-order valence-electron chi connectivity index (χ2n) is 4.33. The molecule has 2 N–H and O–H groups in total. The minimum Gasteiger partial charge on any atom is -0.496 e. The van der Waals surface area contributed by atoms with Crippen molar-refractivity contribution in [3.63, 3.8) is 0 Å². The van der Waals surface area contributed by atoms with Crippen LogP contribution in [0.5, 0.6) is 11.5 Å². The Hall–Kier alpha value is -0.310. The molecule has 0 amide bonds. The van der Waals surface area contributed by atoms with Crippen LogP contribution in [0, 0.1) is 5.92 Å². The number of benzene rings is 1. The summed E-state index contributed by atoms with van der Waals surface area (Å²) in [4.78, 5) is 0. The molecule has 0 spiro atoms. The summed E-state index contributed by atoms with van der Waals surface area (Å²) >= 11 is 6.76. The summed E-state index contributed by atoms with van der Waals surface area (Å²) in [6, 6.07) is 3.55. The van der Waals surface area contributed by atoms with Crippen molar-refractivity contribution in [1.82, 2.24) is 0 Å². The van der Waals surface area contributed by atoms with Crippen LogP contribution in [0.1, 0.15) is 13.3 Å². The molecule has 1 rings (SSSR count). The van der Waals surface area contributed by atoms with E-state index in [2.05, 4.69) is 31.9 Å². The van der Waals surface area contributed by atoms with Crippen molar-refractivity contribution in [3.05, 3.63) is 21.1 Å². The lowest BCUT2D eigenvalue weighted by atomic mass is 10.1. The number of nitrogens with two attached hydrogens (primary N) is 1. The van der Waals surface area contributed by atoms with E-state index in [4.69, 9.17) is 14.6 Å². The molecule has 20 heavy (non-hydrogen) atoms. The molecule has 0 bridgehead atoms. The van der Waals surface area contributed by atoms with Crippen molar-refractivity contribution in [2.24, 2.45) is 11.1 Å². The van der Waals surface area contributed by atoms with Gasteiger partial charge in [0.25, 0.3) is 0 Å². The molecule has 0 aliphatic carbocycles. The molecular weight excluding hydrogens is 414 g/mol. The minimum absolute atomic E-state index is 0.0849. The van der Waals surface area contributed by atoms with Gasteiger partial charge in [-0.15, -0.1) is 0 Å². The maximum absolute atomic E-state index is 11.1. The van der Waals surface area contributed by atoms with Crippen molar-refractivity contribution in [2.45, 2.75) is 13.3 Å². The zero-order valence-electron chi connectivity index (χ0n) is 11.2. The summed E-state index contributed by atoms with van der Waals surface area (Å²) in [5, 5.41) is 5.06. The van der Waals surface area contributed by atoms with Gasteiger partial charge in [-0.2, -0.15) is 0 Å². The van der Waals surface area contributed by atoms with E-state index in [0.717, 1.165) is 8.95 Å². The van der Waals surface area contributed by atoms with Crippen LogP contribution in [0.25, 0.3) is 0 Å². The summed E-state index contributed by atoms with van der Waals surface area (Å²) < 4.78 is 34.5. The van der Waals surface area contributed by atoms with Crippen LogP contribution in [0.15, 0.2) is 21.1 Å². The van der Waals surface area contributed by atoms with Gasteiger partial charge in [0.05, 0.1) is 28.4 Å². The minimum atomic E-state index is -3.49. The fourth-order valence-corrected chi connectivity index (χ4v) is 3.51. The summed E-state index contributed by atoms with van der Waals surface area (Å²) in [7, 11) is -1.91. The van der Waals surface area contributed by atoms with E-state index in [0.29, 0.717) is 17.9 Å². The average molecular weight is 431 g/mol. The highest BCUT2D eigenvalue weighted by Gasteiger charge is 2.16. The average Bonchev–Trinajstić information content (AvgIpc) is 2.36. The van der Waals surface area contributed by atoms with Gasteiger partial charge in [-0.05, 0) is 50.4 Å². The Morgan fingerprint density at radius 3 is 2.30 bits per heavy atom. The smallest absolute Gasteiger partial charge is 0.209 e. The first-order valence-electron chi connectivity index (χ1n) is 5.93. The molecule has 0 heterocycles. The first-order chi connectivity index (χ1) is 9.26. The Balaban J connectivity index is 2.76. The van der Waals surface area contributed by atoms with Crippen LogP contribution >= 0.6 is 31.9 Å². The Morgan fingerprint density at radius 2 is 1.80 bits per heavy atom. The lowest BCUT2D eigenvalue weighted by Crippen LogP contribution is -2.26. The van der Waals surface area contributed by atoms with Crippen LogP contribution < -0.4 is 14.6 Å². The van der Waals surface area contributed by atoms with Crippen LogP contribution in [0.4, 0.5) is 0 Å². The zero-order valence-corrected chi connectivity index (χ0v) is 15.2. The molecule has 1 aromatic carbocycles. The SMILES string of the molecule is CCC(COc1cc(Br)c(OC)cc1Br)CS(N)(=O)=O.